The van der Waals surface area contributed by atoms with E-state index in [1.807, 2.05) is 6.92 Å². The Kier molecular flexibility index (Phi) is 4.60. The number of rotatable bonds is 7. The largest absolute Gasteiger partial charge is 0.394 e. The number of aryl methyl sites for hydroxylation is 1. The van der Waals surface area contributed by atoms with Crippen LogP contribution in [0.1, 0.15) is 25.0 Å². The molecule has 1 heterocycles. The number of halogens is 1. The number of aromatic nitrogens is 2. The molecule has 0 saturated heterocycles. The van der Waals surface area contributed by atoms with Crippen molar-refractivity contribution in [2.24, 2.45) is 5.92 Å². The van der Waals surface area contributed by atoms with E-state index in [0.29, 0.717) is 17.2 Å². The summed E-state index contributed by atoms with van der Waals surface area (Å²) in [5.41, 5.74) is 7.11. The summed E-state index contributed by atoms with van der Waals surface area (Å²) in [4.78, 5) is 8.05. The highest BCUT2D eigenvalue weighted by Crippen LogP contribution is 2.28. The van der Waals surface area contributed by atoms with Crippen LogP contribution in [-0.2, 0) is 4.74 Å². The van der Waals surface area contributed by atoms with E-state index in [2.05, 4.69) is 15.3 Å². The van der Waals surface area contributed by atoms with Crippen molar-refractivity contribution in [3.8, 4) is 0 Å². The summed E-state index contributed by atoms with van der Waals surface area (Å²) in [6.07, 6.45) is 3.58. The molecule has 6 heteroatoms. The number of nitrogens with zero attached hydrogens (tertiary/aromatic N) is 2. The van der Waals surface area contributed by atoms with Crippen LogP contribution < -0.4 is 11.1 Å². The van der Waals surface area contributed by atoms with E-state index in [1.165, 1.54) is 12.8 Å². The Morgan fingerprint density at radius 3 is 2.94 bits per heavy atom. The first-order valence-electron chi connectivity index (χ1n) is 6.28. The minimum Gasteiger partial charge on any atom is -0.394 e. The normalized spacial score (nSPS) is 14.8. The third-order valence-corrected chi connectivity index (χ3v) is 3.09. The molecule has 1 fully saturated rings. The van der Waals surface area contributed by atoms with E-state index in [9.17, 15) is 0 Å². The topological polar surface area (TPSA) is 73.1 Å². The Labute approximate surface area is 112 Å². The number of nitrogens with one attached hydrogen (secondary N) is 1. The lowest BCUT2D eigenvalue weighted by atomic mass is 10.3. The summed E-state index contributed by atoms with van der Waals surface area (Å²) in [5, 5.41) is 3.37. The maximum atomic E-state index is 5.86. The first kappa shape index (κ1) is 13.4. The molecule has 0 aromatic carbocycles. The maximum absolute atomic E-state index is 5.86. The minimum absolute atomic E-state index is 0.217. The van der Waals surface area contributed by atoms with Crippen molar-refractivity contribution in [1.29, 1.82) is 0 Å². The highest BCUT2D eigenvalue weighted by molar-refractivity contribution is 6.28. The lowest BCUT2D eigenvalue weighted by molar-refractivity contribution is 0.124. The van der Waals surface area contributed by atoms with Crippen LogP contribution in [0.3, 0.4) is 0 Å². The van der Waals surface area contributed by atoms with Gasteiger partial charge >= 0.3 is 0 Å². The Balaban J connectivity index is 1.68. The number of ether oxygens (including phenoxy) is 1. The summed E-state index contributed by atoms with van der Waals surface area (Å²) in [7, 11) is 0. The van der Waals surface area contributed by atoms with Gasteiger partial charge in [-0.1, -0.05) is 0 Å². The fourth-order valence-corrected chi connectivity index (χ4v) is 1.81. The van der Waals surface area contributed by atoms with Gasteiger partial charge in [-0.05, 0) is 43.7 Å². The van der Waals surface area contributed by atoms with Crippen LogP contribution in [0.5, 0.6) is 0 Å². The van der Waals surface area contributed by atoms with E-state index in [4.69, 9.17) is 22.1 Å². The maximum Gasteiger partial charge on any atom is 0.224 e. The summed E-state index contributed by atoms with van der Waals surface area (Å²) >= 11 is 5.78. The number of anilines is 2. The van der Waals surface area contributed by atoms with Gasteiger partial charge in [-0.15, -0.1) is 0 Å². The lowest BCUT2D eigenvalue weighted by Crippen LogP contribution is -2.11. The van der Waals surface area contributed by atoms with E-state index in [1.54, 1.807) is 0 Å². The summed E-state index contributed by atoms with van der Waals surface area (Å²) < 4.78 is 5.54. The molecule has 0 unspecified atom stereocenters. The molecule has 1 aliphatic rings. The second-order valence-electron chi connectivity index (χ2n) is 4.64. The molecule has 100 valence electrons. The van der Waals surface area contributed by atoms with Gasteiger partial charge in [0.25, 0.3) is 0 Å². The average molecular weight is 271 g/mol. The van der Waals surface area contributed by atoms with E-state index in [-0.39, 0.29) is 5.28 Å². The third kappa shape index (κ3) is 3.99. The lowest BCUT2D eigenvalue weighted by Gasteiger charge is -2.10. The number of nitrogens with two attached hydrogens (primary N) is 1. The molecule has 3 N–H and O–H groups in total. The Bertz CT molecular complexity index is 409. The summed E-state index contributed by atoms with van der Waals surface area (Å²) in [5.74, 6) is 1.42. The van der Waals surface area contributed by atoms with Crippen LogP contribution in [0, 0.1) is 12.8 Å². The highest BCUT2D eigenvalue weighted by Gasteiger charge is 2.20. The van der Waals surface area contributed by atoms with Gasteiger partial charge in [-0.2, -0.15) is 4.98 Å². The van der Waals surface area contributed by atoms with Crippen molar-refractivity contribution in [1.82, 2.24) is 9.97 Å². The molecule has 0 atom stereocenters. The molecule has 1 saturated carbocycles. The van der Waals surface area contributed by atoms with Crippen LogP contribution in [0.15, 0.2) is 0 Å². The standard InChI is InChI=1S/C12H19ClN4O/c1-8-10(14)11(17-12(13)16-8)15-5-2-6-18-7-9-3-4-9/h9H,2-7,14H2,1H3,(H,15,16,17). The molecular formula is C12H19ClN4O. The predicted molar refractivity (Wildman–Crippen MR) is 72.8 cm³/mol. The first-order chi connectivity index (χ1) is 8.66. The van der Waals surface area contributed by atoms with Crippen molar-refractivity contribution in [3.63, 3.8) is 0 Å². The summed E-state index contributed by atoms with van der Waals surface area (Å²) in [6.45, 7) is 4.25. The van der Waals surface area contributed by atoms with E-state index >= 15 is 0 Å². The van der Waals surface area contributed by atoms with Crippen LogP contribution in [-0.4, -0.2) is 29.7 Å². The van der Waals surface area contributed by atoms with Crippen molar-refractivity contribution in [2.45, 2.75) is 26.2 Å². The summed E-state index contributed by atoms with van der Waals surface area (Å²) in [6, 6.07) is 0. The van der Waals surface area contributed by atoms with E-state index < -0.39 is 0 Å². The first-order valence-corrected chi connectivity index (χ1v) is 6.66. The fraction of sp³-hybridized carbons (Fsp3) is 0.667. The van der Waals surface area contributed by atoms with Crippen molar-refractivity contribution in [2.75, 3.05) is 30.8 Å². The second kappa shape index (κ2) is 6.20. The molecule has 1 aromatic heterocycles. The SMILES string of the molecule is Cc1nc(Cl)nc(NCCCOCC2CC2)c1N. The van der Waals surface area contributed by atoms with Crippen molar-refractivity contribution < 1.29 is 4.74 Å². The predicted octanol–water partition coefficient (Wildman–Crippen LogP) is 2.25. The number of nitrogen functional groups attached to an aromatic ring is 1. The molecule has 0 bridgehead atoms. The molecule has 0 spiro atoms. The van der Waals surface area contributed by atoms with Gasteiger partial charge in [-0.3, -0.25) is 0 Å². The van der Waals surface area contributed by atoms with Crippen LogP contribution >= 0.6 is 11.6 Å². The molecular weight excluding hydrogens is 252 g/mol. The molecule has 18 heavy (non-hydrogen) atoms. The third-order valence-electron chi connectivity index (χ3n) is 2.92. The van der Waals surface area contributed by atoms with Gasteiger partial charge in [0.05, 0.1) is 11.4 Å². The van der Waals surface area contributed by atoms with Gasteiger partial charge in [0, 0.05) is 19.8 Å². The number of hydrogen-bond donors (Lipinski definition) is 2. The average Bonchev–Trinajstić information content (AvgIpc) is 3.13. The zero-order valence-electron chi connectivity index (χ0n) is 10.6. The van der Waals surface area contributed by atoms with Crippen molar-refractivity contribution in [3.05, 3.63) is 11.0 Å². The van der Waals surface area contributed by atoms with Crippen LogP contribution in [0.2, 0.25) is 5.28 Å². The molecule has 2 rings (SSSR count). The monoisotopic (exact) mass is 270 g/mol. The Morgan fingerprint density at radius 1 is 1.44 bits per heavy atom. The highest BCUT2D eigenvalue weighted by atomic mass is 35.5. The second-order valence-corrected chi connectivity index (χ2v) is 4.98. The van der Waals surface area contributed by atoms with Gasteiger partial charge < -0.3 is 15.8 Å². The Hall–Kier alpha value is -1.07. The zero-order valence-corrected chi connectivity index (χ0v) is 11.3. The van der Waals surface area contributed by atoms with Crippen molar-refractivity contribution >= 4 is 23.1 Å². The molecule has 0 aliphatic heterocycles. The smallest absolute Gasteiger partial charge is 0.224 e. The van der Waals surface area contributed by atoms with Gasteiger partial charge in [0.15, 0.2) is 5.82 Å². The minimum atomic E-state index is 0.217. The fourth-order valence-electron chi connectivity index (χ4n) is 1.60. The number of hydrogen-bond acceptors (Lipinski definition) is 5. The molecule has 0 amide bonds. The molecule has 1 aromatic rings. The van der Waals surface area contributed by atoms with Gasteiger partial charge in [0.2, 0.25) is 5.28 Å². The molecule has 5 nitrogen and oxygen atoms in total. The molecule has 0 radical (unpaired) electrons. The zero-order chi connectivity index (χ0) is 13.0. The van der Waals surface area contributed by atoms with Gasteiger partial charge in [0.1, 0.15) is 0 Å². The van der Waals surface area contributed by atoms with Crippen LogP contribution in [0.4, 0.5) is 11.5 Å². The van der Waals surface area contributed by atoms with Gasteiger partial charge in [-0.25, -0.2) is 4.98 Å². The van der Waals surface area contributed by atoms with Crippen LogP contribution in [0.25, 0.3) is 0 Å². The quantitative estimate of drug-likeness (QED) is 0.587. The Morgan fingerprint density at radius 2 is 2.22 bits per heavy atom. The van der Waals surface area contributed by atoms with E-state index in [0.717, 1.165) is 32.1 Å². The molecule has 1 aliphatic carbocycles.